The van der Waals surface area contributed by atoms with Gasteiger partial charge in [-0.1, -0.05) is 103 Å². The van der Waals surface area contributed by atoms with Crippen LogP contribution in [0.5, 0.6) is 0 Å². The Morgan fingerprint density at radius 2 is 1.48 bits per heavy atom. The molecule has 0 aliphatic heterocycles. The number of hydrogen-bond donors (Lipinski definition) is 0. The molecule has 0 saturated heterocycles. The van der Waals surface area contributed by atoms with Crippen molar-refractivity contribution in [2.24, 2.45) is 17.3 Å². The van der Waals surface area contributed by atoms with E-state index in [-0.39, 0.29) is 24.0 Å². The zero-order chi connectivity index (χ0) is 29.7. The summed E-state index contributed by atoms with van der Waals surface area (Å²) in [6, 6.07) is 19.1. The van der Waals surface area contributed by atoms with E-state index in [0.29, 0.717) is 11.2 Å². The minimum absolute atomic E-state index is 0.0237. The van der Waals surface area contributed by atoms with E-state index in [0.717, 1.165) is 37.2 Å². The van der Waals surface area contributed by atoms with Crippen LogP contribution in [0.15, 0.2) is 54.6 Å². The fraction of sp³-hybridized carbons (Fsp3) is 0.588. The molecule has 0 amide bonds. The van der Waals surface area contributed by atoms with Gasteiger partial charge >= 0.3 is 5.97 Å². The Labute approximate surface area is 242 Å². The van der Waals surface area contributed by atoms with Crippen molar-refractivity contribution in [3.05, 3.63) is 65.7 Å². The van der Waals surface area contributed by atoms with Crippen molar-refractivity contribution in [1.29, 1.82) is 0 Å². The fourth-order valence-corrected chi connectivity index (χ4v) is 3.74. The van der Waals surface area contributed by atoms with Crippen LogP contribution >= 0.6 is 0 Å². The van der Waals surface area contributed by atoms with E-state index < -0.39 is 0 Å². The lowest BCUT2D eigenvalue weighted by Gasteiger charge is -2.22. The third-order valence-corrected chi connectivity index (χ3v) is 7.46. The van der Waals surface area contributed by atoms with Crippen molar-refractivity contribution in [2.75, 3.05) is 0 Å². The lowest BCUT2D eigenvalue weighted by Crippen LogP contribution is -2.18. The van der Waals surface area contributed by atoms with Crippen LogP contribution in [0.4, 0.5) is 0 Å². The van der Waals surface area contributed by atoms with Crippen molar-refractivity contribution < 1.29 is 9.53 Å². The molecule has 6 nitrogen and oxygen atoms in total. The molecule has 3 aromatic rings. The molecule has 0 unspecified atom stereocenters. The monoisotopic (exact) mass is 548 g/mol. The molecule has 1 aliphatic carbocycles. The van der Waals surface area contributed by atoms with Crippen LogP contribution in [0, 0.1) is 17.3 Å². The topological polar surface area (TPSA) is 69.9 Å². The molecule has 0 bridgehead atoms. The quantitative estimate of drug-likeness (QED) is 0.277. The highest BCUT2D eigenvalue weighted by Crippen LogP contribution is 2.24. The average Bonchev–Trinajstić information content (AvgIpc) is 3.61. The van der Waals surface area contributed by atoms with Crippen molar-refractivity contribution in [1.82, 2.24) is 20.2 Å². The predicted molar refractivity (Wildman–Crippen MR) is 165 cm³/mol. The molecule has 0 spiro atoms. The average molecular weight is 549 g/mol. The first-order chi connectivity index (χ1) is 18.9. The number of hydrogen-bond acceptors (Lipinski definition) is 5. The van der Waals surface area contributed by atoms with E-state index in [1.54, 1.807) is 4.80 Å². The summed E-state index contributed by atoms with van der Waals surface area (Å²) >= 11 is 0. The van der Waals surface area contributed by atoms with Crippen molar-refractivity contribution >= 4 is 5.97 Å². The Kier molecular flexibility index (Phi) is 13.5. The molecule has 1 heterocycles. The largest absolute Gasteiger partial charge is 0.462 e. The van der Waals surface area contributed by atoms with Gasteiger partial charge in [-0.3, -0.25) is 4.79 Å². The summed E-state index contributed by atoms with van der Waals surface area (Å²) in [5.41, 5.74) is 4.18. The molecule has 0 N–H and O–H groups in total. The molecule has 1 aliphatic rings. The molecule has 4 rings (SSSR count). The Morgan fingerprint density at radius 1 is 0.900 bits per heavy atom. The van der Waals surface area contributed by atoms with Crippen LogP contribution in [0.25, 0.3) is 11.4 Å². The fourth-order valence-electron chi connectivity index (χ4n) is 3.74. The molecule has 1 fully saturated rings. The van der Waals surface area contributed by atoms with Gasteiger partial charge in [-0.15, -0.1) is 10.2 Å². The van der Waals surface area contributed by atoms with Crippen LogP contribution in [-0.4, -0.2) is 32.3 Å². The van der Waals surface area contributed by atoms with Gasteiger partial charge in [0.05, 0.1) is 12.0 Å². The second kappa shape index (κ2) is 16.3. The summed E-state index contributed by atoms with van der Waals surface area (Å²) in [5.74, 6) is 1.48. The van der Waals surface area contributed by atoms with E-state index in [9.17, 15) is 4.79 Å². The highest BCUT2D eigenvalue weighted by Gasteiger charge is 2.20. The van der Waals surface area contributed by atoms with Crippen molar-refractivity contribution in [3.63, 3.8) is 0 Å². The van der Waals surface area contributed by atoms with Gasteiger partial charge < -0.3 is 4.74 Å². The summed E-state index contributed by atoms with van der Waals surface area (Å²) in [6.45, 7) is 19.1. The third kappa shape index (κ3) is 11.6. The molecule has 2 aromatic carbocycles. The molecular formula is C34H52N4O2. The number of nitrogens with zero attached hydrogens (tertiary/aromatic N) is 4. The van der Waals surface area contributed by atoms with Gasteiger partial charge in [0.1, 0.15) is 6.10 Å². The summed E-state index contributed by atoms with van der Waals surface area (Å²) < 4.78 is 5.23. The zero-order valence-corrected chi connectivity index (χ0v) is 26.4. The molecule has 220 valence electrons. The Bertz CT molecular complexity index is 1120. The number of carbonyl (C=O) groups excluding carboxylic acids is 1. The number of esters is 1. The maximum Gasteiger partial charge on any atom is 0.308 e. The standard InChI is InChI=1S/C18H20N4.C9H16O2.C7H16/c1-14(2)22-20-18(19-21-22)17-11-7-6-10-16(17)13-12-15-8-4-3-5-9-15;1-7(2)9(10)11-8-5-3-4-6-8;1-6(2)7(3,4)5/h3-11,14H,12-13H2,1-2H3;7-8H,3-6H2,1-2H3;6H,1-5H3. The van der Waals surface area contributed by atoms with Crippen LogP contribution < -0.4 is 0 Å². The SMILES string of the molecule is CC(C)C(=O)OC1CCCC1.CC(C)C(C)(C)C.CC(C)n1nnc(-c2ccccc2CCc2ccccc2)n1. The van der Waals surface area contributed by atoms with Crippen LogP contribution in [0.1, 0.15) is 105 Å². The molecule has 1 saturated carbocycles. The number of aromatic nitrogens is 4. The van der Waals surface area contributed by atoms with Gasteiger partial charge in [-0.2, -0.15) is 4.80 Å². The maximum atomic E-state index is 11.1. The Balaban J connectivity index is 0.000000259. The number of aryl methyl sites for hydroxylation is 2. The first-order valence-corrected chi connectivity index (χ1v) is 15.0. The number of benzene rings is 2. The van der Waals surface area contributed by atoms with E-state index in [1.165, 1.54) is 24.0 Å². The van der Waals surface area contributed by atoms with Gasteiger partial charge in [0.15, 0.2) is 0 Å². The van der Waals surface area contributed by atoms with Gasteiger partial charge in [0.25, 0.3) is 0 Å². The number of ether oxygens (including phenoxy) is 1. The Morgan fingerprint density at radius 3 is 2.00 bits per heavy atom. The predicted octanol–water partition coefficient (Wildman–Crippen LogP) is 8.52. The first-order valence-electron chi connectivity index (χ1n) is 15.0. The minimum Gasteiger partial charge on any atom is -0.462 e. The minimum atomic E-state index is -0.0445. The van der Waals surface area contributed by atoms with Crippen LogP contribution in [0.3, 0.4) is 0 Å². The van der Waals surface area contributed by atoms with Crippen LogP contribution in [0.2, 0.25) is 0 Å². The second-order valence-corrected chi connectivity index (χ2v) is 12.7. The third-order valence-electron chi connectivity index (χ3n) is 7.46. The lowest BCUT2D eigenvalue weighted by molar-refractivity contribution is -0.152. The molecule has 0 atom stereocenters. The van der Waals surface area contributed by atoms with Crippen molar-refractivity contribution in [3.8, 4) is 11.4 Å². The van der Waals surface area contributed by atoms with Gasteiger partial charge in [-0.25, -0.2) is 0 Å². The zero-order valence-electron chi connectivity index (χ0n) is 26.4. The second-order valence-electron chi connectivity index (χ2n) is 12.7. The van der Waals surface area contributed by atoms with Gasteiger partial charge in [-0.05, 0) is 80.0 Å². The molecule has 40 heavy (non-hydrogen) atoms. The van der Waals surface area contributed by atoms with E-state index in [1.807, 2.05) is 39.8 Å². The number of tetrazole rings is 1. The maximum absolute atomic E-state index is 11.1. The van der Waals surface area contributed by atoms with E-state index in [2.05, 4.69) is 92.5 Å². The summed E-state index contributed by atoms with van der Waals surface area (Å²) in [5, 5.41) is 12.8. The molecule has 0 radical (unpaired) electrons. The highest BCUT2D eigenvalue weighted by atomic mass is 16.5. The van der Waals surface area contributed by atoms with E-state index in [4.69, 9.17) is 4.74 Å². The highest BCUT2D eigenvalue weighted by molar-refractivity contribution is 5.71. The first kappa shape index (κ1) is 33.2. The lowest BCUT2D eigenvalue weighted by atomic mass is 9.84. The smallest absolute Gasteiger partial charge is 0.308 e. The van der Waals surface area contributed by atoms with Crippen LogP contribution in [-0.2, 0) is 22.4 Å². The molecule has 6 heteroatoms. The van der Waals surface area contributed by atoms with E-state index >= 15 is 0 Å². The summed E-state index contributed by atoms with van der Waals surface area (Å²) in [6.07, 6.45) is 6.78. The molecule has 1 aromatic heterocycles. The number of carbonyl (C=O) groups is 1. The summed E-state index contributed by atoms with van der Waals surface area (Å²) in [4.78, 5) is 12.7. The van der Waals surface area contributed by atoms with Gasteiger partial charge in [0.2, 0.25) is 5.82 Å². The normalized spacial score (nSPS) is 13.6. The molecular weight excluding hydrogens is 496 g/mol. The van der Waals surface area contributed by atoms with Crippen molar-refractivity contribution in [2.45, 2.75) is 113 Å². The van der Waals surface area contributed by atoms with Gasteiger partial charge in [0, 0.05) is 5.56 Å². The number of rotatable bonds is 7. The summed E-state index contributed by atoms with van der Waals surface area (Å²) in [7, 11) is 0. The Hall–Kier alpha value is -3.02.